The van der Waals surface area contributed by atoms with Crippen LogP contribution in [0.5, 0.6) is 0 Å². The van der Waals surface area contributed by atoms with E-state index in [1.807, 2.05) is 12.1 Å². The molecule has 2 heterocycles. The summed E-state index contributed by atoms with van der Waals surface area (Å²) >= 11 is 0. The van der Waals surface area contributed by atoms with E-state index < -0.39 is 0 Å². The summed E-state index contributed by atoms with van der Waals surface area (Å²) in [7, 11) is 0. The predicted octanol–water partition coefficient (Wildman–Crippen LogP) is 1.85. The number of nitriles is 1. The third-order valence-corrected chi connectivity index (χ3v) is 3.88. The van der Waals surface area contributed by atoms with Crippen molar-refractivity contribution in [2.75, 3.05) is 25.0 Å². The van der Waals surface area contributed by atoms with Crippen LogP contribution in [-0.2, 0) is 0 Å². The van der Waals surface area contributed by atoms with Crippen molar-refractivity contribution < 1.29 is 0 Å². The third kappa shape index (κ3) is 2.46. The van der Waals surface area contributed by atoms with Crippen molar-refractivity contribution in [3.05, 3.63) is 24.0 Å². The van der Waals surface area contributed by atoms with Gasteiger partial charge in [-0.15, -0.1) is 0 Å². The first-order chi connectivity index (χ1) is 8.86. The number of pyridine rings is 1. The molecule has 4 nitrogen and oxygen atoms in total. The van der Waals surface area contributed by atoms with E-state index in [4.69, 9.17) is 5.26 Å². The summed E-state index contributed by atoms with van der Waals surface area (Å²) in [5.74, 6) is 0.706. The maximum atomic E-state index is 8.97. The van der Waals surface area contributed by atoms with Crippen LogP contribution >= 0.6 is 0 Å². The van der Waals surface area contributed by atoms with Crippen LogP contribution in [0.1, 0.15) is 25.0 Å². The van der Waals surface area contributed by atoms with Gasteiger partial charge in [-0.05, 0) is 43.9 Å². The second kappa shape index (κ2) is 4.95. The Kier molecular flexibility index (Phi) is 3.16. The normalized spacial score (nSPS) is 23.8. The number of aromatic nitrogens is 1. The Bertz CT molecular complexity index is 461. The van der Waals surface area contributed by atoms with Gasteiger partial charge in [-0.2, -0.15) is 5.26 Å². The lowest BCUT2D eigenvalue weighted by atomic mass is 10.1. The predicted molar refractivity (Wildman–Crippen MR) is 70.1 cm³/mol. The van der Waals surface area contributed by atoms with Gasteiger partial charge in [0.15, 0.2) is 5.69 Å². The van der Waals surface area contributed by atoms with Gasteiger partial charge >= 0.3 is 0 Å². The van der Waals surface area contributed by atoms with Gasteiger partial charge in [0.2, 0.25) is 0 Å². The molecule has 1 atom stereocenters. The molecule has 4 heteroatoms. The molecule has 1 saturated heterocycles. The van der Waals surface area contributed by atoms with E-state index in [9.17, 15) is 0 Å². The van der Waals surface area contributed by atoms with Gasteiger partial charge in [0.05, 0.1) is 5.69 Å². The molecular weight excluding hydrogens is 224 g/mol. The average Bonchev–Trinajstić information content (AvgIpc) is 3.16. The molecule has 94 valence electrons. The molecule has 2 fully saturated rings. The molecule has 0 radical (unpaired) electrons. The van der Waals surface area contributed by atoms with Crippen molar-refractivity contribution in [2.45, 2.75) is 25.3 Å². The van der Waals surface area contributed by atoms with Crippen LogP contribution in [0, 0.1) is 17.2 Å². The monoisotopic (exact) mass is 242 g/mol. The van der Waals surface area contributed by atoms with Gasteiger partial charge in [0.25, 0.3) is 0 Å². The van der Waals surface area contributed by atoms with Gasteiger partial charge in [-0.25, -0.2) is 4.98 Å². The van der Waals surface area contributed by atoms with E-state index in [2.05, 4.69) is 21.3 Å². The van der Waals surface area contributed by atoms with Crippen LogP contribution in [0.15, 0.2) is 18.3 Å². The highest BCUT2D eigenvalue weighted by Crippen LogP contribution is 2.31. The first kappa shape index (κ1) is 11.5. The largest absolute Gasteiger partial charge is 0.382 e. The number of hydrogen-bond donors (Lipinski definition) is 1. The van der Waals surface area contributed by atoms with Gasteiger partial charge in [0.1, 0.15) is 6.07 Å². The minimum absolute atomic E-state index is 0.495. The summed E-state index contributed by atoms with van der Waals surface area (Å²) in [6.45, 7) is 3.40. The van der Waals surface area contributed by atoms with Crippen LogP contribution in [0.25, 0.3) is 0 Å². The van der Waals surface area contributed by atoms with Gasteiger partial charge in [0, 0.05) is 25.3 Å². The number of likely N-dealkylation sites (tertiary alicyclic amines) is 1. The molecular formula is C14H18N4. The highest BCUT2D eigenvalue weighted by molar-refractivity contribution is 5.53. The molecule has 1 aliphatic carbocycles. The Morgan fingerprint density at radius 2 is 2.33 bits per heavy atom. The molecule has 0 spiro atoms. The molecule has 1 aliphatic heterocycles. The van der Waals surface area contributed by atoms with E-state index in [1.54, 1.807) is 6.20 Å². The van der Waals surface area contributed by atoms with E-state index in [-0.39, 0.29) is 0 Å². The topological polar surface area (TPSA) is 52.0 Å². The second-order valence-corrected chi connectivity index (χ2v) is 5.27. The lowest BCUT2D eigenvalue weighted by Gasteiger charge is -2.15. The lowest BCUT2D eigenvalue weighted by Crippen LogP contribution is -2.24. The van der Waals surface area contributed by atoms with Crippen molar-refractivity contribution in [1.29, 1.82) is 5.26 Å². The minimum atomic E-state index is 0.495. The van der Waals surface area contributed by atoms with Crippen molar-refractivity contribution in [1.82, 2.24) is 9.88 Å². The lowest BCUT2D eigenvalue weighted by molar-refractivity contribution is 0.316. The van der Waals surface area contributed by atoms with Gasteiger partial charge < -0.3 is 10.2 Å². The molecule has 0 bridgehead atoms. The highest BCUT2D eigenvalue weighted by atomic mass is 15.2. The Morgan fingerprint density at radius 3 is 3.11 bits per heavy atom. The molecule has 1 N–H and O–H groups in total. The van der Waals surface area contributed by atoms with Crippen LogP contribution in [-0.4, -0.2) is 35.6 Å². The maximum Gasteiger partial charge on any atom is 0.163 e. The molecule has 1 unspecified atom stereocenters. The standard InChI is InChI=1S/C14H18N4/c15-8-14-13(2-1-6-16-14)17-9-11-5-7-18(10-11)12-3-4-12/h1-2,6,11-12,17H,3-5,7,9-10H2. The molecule has 0 amide bonds. The van der Waals surface area contributed by atoms with Crippen LogP contribution in [0.2, 0.25) is 0 Å². The van der Waals surface area contributed by atoms with E-state index in [1.165, 1.54) is 32.4 Å². The van der Waals surface area contributed by atoms with E-state index >= 15 is 0 Å². The summed E-state index contributed by atoms with van der Waals surface area (Å²) in [4.78, 5) is 6.67. The fourth-order valence-corrected chi connectivity index (χ4v) is 2.69. The van der Waals surface area contributed by atoms with Crippen LogP contribution < -0.4 is 5.32 Å². The van der Waals surface area contributed by atoms with Crippen LogP contribution in [0.4, 0.5) is 5.69 Å². The summed E-state index contributed by atoms with van der Waals surface area (Å²) in [6.07, 6.45) is 5.71. The SMILES string of the molecule is N#Cc1ncccc1NCC1CCN(C2CC2)C1. The van der Waals surface area contributed by atoms with Crippen molar-refractivity contribution in [3.8, 4) is 6.07 Å². The van der Waals surface area contributed by atoms with Gasteiger partial charge in [-0.3, -0.25) is 0 Å². The van der Waals surface area contributed by atoms with E-state index in [0.717, 1.165) is 18.3 Å². The fourth-order valence-electron chi connectivity index (χ4n) is 2.69. The smallest absolute Gasteiger partial charge is 0.163 e. The Hall–Kier alpha value is -1.60. The molecule has 1 aromatic heterocycles. The Balaban J connectivity index is 1.53. The minimum Gasteiger partial charge on any atom is -0.382 e. The fraction of sp³-hybridized carbons (Fsp3) is 0.571. The number of rotatable bonds is 4. The van der Waals surface area contributed by atoms with Crippen LogP contribution in [0.3, 0.4) is 0 Å². The second-order valence-electron chi connectivity index (χ2n) is 5.27. The highest BCUT2D eigenvalue weighted by Gasteiger charge is 2.34. The molecule has 1 aromatic rings. The summed E-state index contributed by atoms with van der Waals surface area (Å²) < 4.78 is 0. The van der Waals surface area contributed by atoms with Crippen molar-refractivity contribution in [2.24, 2.45) is 5.92 Å². The first-order valence-electron chi connectivity index (χ1n) is 6.70. The first-order valence-corrected chi connectivity index (χ1v) is 6.70. The number of anilines is 1. The maximum absolute atomic E-state index is 8.97. The number of nitrogens with zero attached hydrogens (tertiary/aromatic N) is 3. The molecule has 3 rings (SSSR count). The number of nitrogens with one attached hydrogen (secondary N) is 1. The number of hydrogen-bond acceptors (Lipinski definition) is 4. The van der Waals surface area contributed by atoms with Crippen molar-refractivity contribution >= 4 is 5.69 Å². The quantitative estimate of drug-likeness (QED) is 0.875. The summed E-state index contributed by atoms with van der Waals surface area (Å²) in [6, 6.07) is 6.80. The molecule has 0 aromatic carbocycles. The van der Waals surface area contributed by atoms with E-state index in [0.29, 0.717) is 11.6 Å². The molecule has 2 aliphatic rings. The zero-order valence-electron chi connectivity index (χ0n) is 10.5. The zero-order chi connectivity index (χ0) is 12.4. The summed E-state index contributed by atoms with van der Waals surface area (Å²) in [5, 5.41) is 12.3. The molecule has 18 heavy (non-hydrogen) atoms. The third-order valence-electron chi connectivity index (χ3n) is 3.88. The average molecular weight is 242 g/mol. The Morgan fingerprint density at radius 1 is 1.44 bits per heavy atom. The molecule has 1 saturated carbocycles. The Labute approximate surface area is 108 Å². The zero-order valence-corrected chi connectivity index (χ0v) is 10.5. The van der Waals surface area contributed by atoms with Gasteiger partial charge in [-0.1, -0.05) is 0 Å². The summed E-state index contributed by atoms with van der Waals surface area (Å²) in [5.41, 5.74) is 1.36. The van der Waals surface area contributed by atoms with Crippen molar-refractivity contribution in [3.63, 3.8) is 0 Å².